The highest BCUT2D eigenvalue weighted by atomic mass is 19.1. The summed E-state index contributed by atoms with van der Waals surface area (Å²) in [6.07, 6.45) is 0.788. The summed E-state index contributed by atoms with van der Waals surface area (Å²) in [5.41, 5.74) is 0.521. The maximum Gasteiger partial charge on any atom is 0.130 e. The third-order valence-electron chi connectivity index (χ3n) is 2.78. The molecule has 1 aromatic rings. The van der Waals surface area contributed by atoms with Crippen LogP contribution in [0.2, 0.25) is 0 Å². The monoisotopic (exact) mass is 252 g/mol. The molecule has 18 heavy (non-hydrogen) atoms. The van der Waals surface area contributed by atoms with E-state index in [9.17, 15) is 14.6 Å². The molecule has 0 heterocycles. The summed E-state index contributed by atoms with van der Waals surface area (Å²) < 4.78 is 13.9. The minimum absolute atomic E-state index is 0.104. The van der Waals surface area contributed by atoms with Crippen molar-refractivity contribution in [2.75, 3.05) is 6.61 Å². The van der Waals surface area contributed by atoms with Crippen molar-refractivity contribution in [1.82, 2.24) is 0 Å². The molecule has 100 valence electrons. The van der Waals surface area contributed by atoms with Crippen LogP contribution in [0.25, 0.3) is 0 Å². The Balaban J connectivity index is 2.75. The first kappa shape index (κ1) is 14.9. The second-order valence-corrected chi connectivity index (χ2v) is 4.94. The van der Waals surface area contributed by atoms with E-state index >= 15 is 0 Å². The van der Waals surface area contributed by atoms with Crippen LogP contribution < -0.4 is 0 Å². The van der Waals surface area contributed by atoms with E-state index in [1.807, 2.05) is 19.9 Å². The largest absolute Gasteiger partial charge is 0.396 e. The van der Waals surface area contributed by atoms with E-state index in [2.05, 4.69) is 0 Å². The van der Waals surface area contributed by atoms with E-state index in [1.165, 1.54) is 6.08 Å². The molecule has 0 aliphatic carbocycles. The van der Waals surface area contributed by atoms with Crippen molar-refractivity contribution < 1.29 is 14.6 Å². The fourth-order valence-corrected chi connectivity index (χ4v) is 1.91. The average molecular weight is 252 g/mol. The summed E-state index contributed by atoms with van der Waals surface area (Å²) in [5.74, 6) is -0.468. The van der Waals surface area contributed by atoms with Gasteiger partial charge in [-0.1, -0.05) is 44.2 Å². The summed E-state index contributed by atoms with van der Waals surface area (Å²) in [6, 6.07) is 8.67. The van der Waals surface area contributed by atoms with E-state index in [0.717, 1.165) is 0 Å². The van der Waals surface area contributed by atoms with Gasteiger partial charge in [-0.15, -0.1) is 0 Å². The summed E-state index contributed by atoms with van der Waals surface area (Å²) in [7, 11) is 0. The predicted octanol–water partition coefficient (Wildman–Crippen LogP) is 3.23. The molecule has 2 atom stereocenters. The third kappa shape index (κ3) is 4.59. The Labute approximate surface area is 108 Å². The standard InChI is InChI=1S/C15H21FO2/c1-11(2)8-12(10-17)9-14(16)15(18)13-6-4-3-5-7-13/h3-7,9,11-12,15,17-18H,8,10H2,1-2H3/b14-9-/t12-,15+/m1/s1. The van der Waals surface area contributed by atoms with Crippen molar-refractivity contribution in [2.45, 2.75) is 26.4 Å². The van der Waals surface area contributed by atoms with E-state index in [1.54, 1.807) is 24.3 Å². The van der Waals surface area contributed by atoms with Crippen LogP contribution in [0.5, 0.6) is 0 Å². The van der Waals surface area contributed by atoms with E-state index < -0.39 is 11.9 Å². The highest BCUT2D eigenvalue weighted by Gasteiger charge is 2.16. The van der Waals surface area contributed by atoms with Crippen molar-refractivity contribution in [1.29, 1.82) is 0 Å². The highest BCUT2D eigenvalue weighted by molar-refractivity contribution is 5.23. The first-order valence-electron chi connectivity index (χ1n) is 6.25. The number of hydrogen-bond acceptors (Lipinski definition) is 2. The zero-order valence-electron chi connectivity index (χ0n) is 10.9. The lowest BCUT2D eigenvalue weighted by molar-refractivity contribution is 0.179. The maximum absolute atomic E-state index is 13.9. The summed E-state index contributed by atoms with van der Waals surface area (Å²) >= 11 is 0. The Morgan fingerprint density at radius 1 is 1.28 bits per heavy atom. The number of aliphatic hydroxyl groups excluding tert-OH is 2. The smallest absolute Gasteiger partial charge is 0.130 e. The number of halogens is 1. The second kappa shape index (κ2) is 7.29. The molecule has 0 unspecified atom stereocenters. The molecule has 1 rings (SSSR count). The van der Waals surface area contributed by atoms with Gasteiger partial charge in [0, 0.05) is 12.5 Å². The lowest BCUT2D eigenvalue weighted by atomic mass is 9.96. The third-order valence-corrected chi connectivity index (χ3v) is 2.78. The Bertz CT molecular complexity index is 373. The van der Waals surface area contributed by atoms with Gasteiger partial charge in [0.15, 0.2) is 0 Å². The maximum atomic E-state index is 13.9. The Hall–Kier alpha value is -1.19. The molecule has 0 radical (unpaired) electrons. The molecular weight excluding hydrogens is 231 g/mol. The first-order valence-corrected chi connectivity index (χ1v) is 6.25. The molecule has 0 amide bonds. The van der Waals surface area contributed by atoms with Gasteiger partial charge in [-0.05, 0) is 24.0 Å². The van der Waals surface area contributed by atoms with Gasteiger partial charge in [-0.2, -0.15) is 0 Å². The Morgan fingerprint density at radius 2 is 1.89 bits per heavy atom. The molecular formula is C15H21FO2. The zero-order valence-corrected chi connectivity index (χ0v) is 10.9. The van der Waals surface area contributed by atoms with Crippen LogP contribution in [0.15, 0.2) is 42.2 Å². The molecule has 3 heteroatoms. The van der Waals surface area contributed by atoms with Crippen LogP contribution >= 0.6 is 0 Å². The fourth-order valence-electron chi connectivity index (χ4n) is 1.91. The molecule has 0 spiro atoms. The highest BCUT2D eigenvalue weighted by Crippen LogP contribution is 2.25. The molecule has 0 aliphatic heterocycles. The van der Waals surface area contributed by atoms with Crippen LogP contribution in [-0.4, -0.2) is 16.8 Å². The van der Waals surface area contributed by atoms with Gasteiger partial charge in [0.1, 0.15) is 11.9 Å². The molecule has 1 aromatic carbocycles. The molecule has 0 bridgehead atoms. The van der Waals surface area contributed by atoms with Gasteiger partial charge < -0.3 is 10.2 Å². The number of aliphatic hydroxyl groups is 2. The van der Waals surface area contributed by atoms with Crippen LogP contribution in [0.1, 0.15) is 31.9 Å². The van der Waals surface area contributed by atoms with Crippen molar-refractivity contribution in [2.24, 2.45) is 11.8 Å². The molecule has 0 saturated heterocycles. The Morgan fingerprint density at radius 3 is 2.39 bits per heavy atom. The van der Waals surface area contributed by atoms with E-state index in [4.69, 9.17) is 0 Å². The van der Waals surface area contributed by atoms with Crippen LogP contribution in [-0.2, 0) is 0 Å². The molecule has 0 fully saturated rings. The van der Waals surface area contributed by atoms with Gasteiger partial charge in [0.05, 0.1) is 0 Å². The second-order valence-electron chi connectivity index (χ2n) is 4.94. The minimum atomic E-state index is -1.24. The number of benzene rings is 1. The topological polar surface area (TPSA) is 40.5 Å². The zero-order chi connectivity index (χ0) is 13.5. The van der Waals surface area contributed by atoms with Crippen molar-refractivity contribution in [3.63, 3.8) is 0 Å². The normalized spacial score (nSPS) is 15.8. The summed E-state index contributed by atoms with van der Waals surface area (Å²) in [6.45, 7) is 3.93. The summed E-state index contributed by atoms with van der Waals surface area (Å²) in [5, 5.41) is 19.0. The van der Waals surface area contributed by atoms with Gasteiger partial charge >= 0.3 is 0 Å². The minimum Gasteiger partial charge on any atom is -0.396 e. The molecule has 0 saturated carbocycles. The van der Waals surface area contributed by atoms with E-state index in [-0.39, 0.29) is 12.5 Å². The molecule has 0 aliphatic rings. The van der Waals surface area contributed by atoms with Crippen LogP contribution in [0, 0.1) is 11.8 Å². The van der Waals surface area contributed by atoms with Crippen molar-refractivity contribution in [3.8, 4) is 0 Å². The quantitative estimate of drug-likeness (QED) is 0.816. The Kier molecular flexibility index (Phi) is 6.02. The van der Waals surface area contributed by atoms with Gasteiger partial charge in [0.2, 0.25) is 0 Å². The molecule has 2 nitrogen and oxygen atoms in total. The lowest BCUT2D eigenvalue weighted by Crippen LogP contribution is -2.08. The van der Waals surface area contributed by atoms with Gasteiger partial charge in [0.25, 0.3) is 0 Å². The van der Waals surface area contributed by atoms with E-state index in [0.29, 0.717) is 17.9 Å². The van der Waals surface area contributed by atoms with Crippen molar-refractivity contribution in [3.05, 3.63) is 47.8 Å². The fraction of sp³-hybridized carbons (Fsp3) is 0.467. The SMILES string of the molecule is CC(C)C[C@H](/C=C(\F)[C@@H](O)c1ccccc1)CO. The van der Waals surface area contributed by atoms with Gasteiger partial charge in [-0.3, -0.25) is 0 Å². The average Bonchev–Trinajstić information content (AvgIpc) is 2.37. The summed E-state index contributed by atoms with van der Waals surface area (Å²) in [4.78, 5) is 0. The van der Waals surface area contributed by atoms with Crippen LogP contribution in [0.4, 0.5) is 4.39 Å². The number of rotatable bonds is 6. The lowest BCUT2D eigenvalue weighted by Gasteiger charge is -2.14. The van der Waals surface area contributed by atoms with Crippen molar-refractivity contribution >= 4 is 0 Å². The van der Waals surface area contributed by atoms with Gasteiger partial charge in [-0.25, -0.2) is 4.39 Å². The molecule has 0 aromatic heterocycles. The first-order chi connectivity index (χ1) is 8.54. The molecule has 2 N–H and O–H groups in total. The van der Waals surface area contributed by atoms with Crippen LogP contribution in [0.3, 0.4) is 0 Å². The predicted molar refractivity (Wildman–Crippen MR) is 70.6 cm³/mol. The number of hydrogen-bond donors (Lipinski definition) is 2.